The maximum absolute atomic E-state index is 6.35. The highest BCUT2D eigenvalue weighted by Gasteiger charge is 2.40. The summed E-state index contributed by atoms with van der Waals surface area (Å²) >= 11 is 0. The lowest BCUT2D eigenvalue weighted by atomic mass is 9.92. The van der Waals surface area contributed by atoms with Gasteiger partial charge >= 0.3 is 0 Å². The first-order chi connectivity index (χ1) is 16.8. The van der Waals surface area contributed by atoms with Crippen LogP contribution in [0, 0.1) is 0 Å². The lowest BCUT2D eigenvalue weighted by molar-refractivity contribution is 0.669. The molecule has 3 heteroatoms. The minimum Gasteiger partial charge on any atom is -0.456 e. The van der Waals surface area contributed by atoms with E-state index in [4.69, 9.17) is 4.42 Å². The van der Waals surface area contributed by atoms with Crippen molar-refractivity contribution in [3.63, 3.8) is 0 Å². The van der Waals surface area contributed by atoms with Gasteiger partial charge in [-0.25, -0.2) is 0 Å². The summed E-state index contributed by atoms with van der Waals surface area (Å²) in [5.74, 6) is 0. The van der Waals surface area contributed by atoms with E-state index in [1.54, 1.807) is 0 Å². The zero-order chi connectivity index (χ0) is 22.5. The summed E-state index contributed by atoms with van der Waals surface area (Å²) in [4.78, 5) is 0. The number of fused-ring (bicyclic) bond motifs is 4. The molecule has 2 N–H and O–H groups in total. The number of benzene rings is 5. The molecule has 0 bridgehead atoms. The highest BCUT2D eigenvalue weighted by Crippen LogP contribution is 2.46. The fraction of sp³-hybridized carbons (Fsp3) is 0.0323. The quantitative estimate of drug-likeness (QED) is 0.294. The van der Waals surface area contributed by atoms with Crippen LogP contribution in [0.2, 0.25) is 0 Å². The summed E-state index contributed by atoms with van der Waals surface area (Å²) in [5, 5.41) is 9.83. The first-order valence-electron chi connectivity index (χ1n) is 11.5. The van der Waals surface area contributed by atoms with Crippen molar-refractivity contribution in [3.05, 3.63) is 132 Å². The van der Waals surface area contributed by atoms with Crippen molar-refractivity contribution in [2.75, 3.05) is 10.6 Å². The average molecular weight is 439 g/mol. The van der Waals surface area contributed by atoms with Crippen molar-refractivity contribution in [1.82, 2.24) is 0 Å². The number of nitrogens with one attached hydrogen (secondary N) is 2. The molecule has 0 fully saturated rings. The lowest BCUT2D eigenvalue weighted by Gasteiger charge is -2.32. The Labute approximate surface area is 197 Å². The van der Waals surface area contributed by atoms with E-state index in [2.05, 4.69) is 114 Å². The predicted octanol–water partition coefficient (Wildman–Crippen LogP) is 7.99. The molecule has 162 valence electrons. The molecule has 0 saturated carbocycles. The van der Waals surface area contributed by atoms with Gasteiger partial charge < -0.3 is 15.1 Å². The van der Waals surface area contributed by atoms with E-state index in [1.165, 1.54) is 5.56 Å². The van der Waals surface area contributed by atoms with E-state index in [9.17, 15) is 0 Å². The molecule has 0 saturated heterocycles. The van der Waals surface area contributed by atoms with Crippen LogP contribution in [0.4, 0.5) is 11.4 Å². The van der Waals surface area contributed by atoms with Crippen LogP contribution in [-0.4, -0.2) is 0 Å². The van der Waals surface area contributed by atoms with Gasteiger partial charge in [0.2, 0.25) is 0 Å². The van der Waals surface area contributed by atoms with Crippen LogP contribution in [-0.2, 0) is 5.66 Å². The molecule has 0 atom stereocenters. The first-order valence-corrected chi connectivity index (χ1v) is 11.5. The van der Waals surface area contributed by atoms with E-state index in [-0.39, 0.29) is 0 Å². The van der Waals surface area contributed by atoms with Crippen molar-refractivity contribution in [1.29, 1.82) is 0 Å². The molecule has 0 amide bonds. The SMILES string of the molecule is c1ccc(-c2ccc3c(c2)oc2cc4c(cc23)NC(c2ccccc2)(c2ccccc2)N4)cc1. The second-order valence-corrected chi connectivity index (χ2v) is 8.81. The molecule has 3 nitrogen and oxygen atoms in total. The third kappa shape index (κ3) is 2.84. The number of anilines is 2. The minimum absolute atomic E-state index is 0.542. The number of hydrogen-bond donors (Lipinski definition) is 2. The zero-order valence-corrected chi connectivity index (χ0v) is 18.5. The number of furan rings is 1. The highest BCUT2D eigenvalue weighted by molar-refractivity contribution is 6.09. The van der Waals surface area contributed by atoms with E-state index < -0.39 is 5.66 Å². The van der Waals surface area contributed by atoms with Crippen LogP contribution in [0.1, 0.15) is 11.1 Å². The Balaban J connectivity index is 1.36. The molecule has 1 aliphatic rings. The van der Waals surface area contributed by atoms with Crippen molar-refractivity contribution in [2.45, 2.75) is 5.66 Å². The highest BCUT2D eigenvalue weighted by atomic mass is 16.3. The third-order valence-electron chi connectivity index (χ3n) is 6.78. The maximum Gasteiger partial charge on any atom is 0.161 e. The molecule has 0 aliphatic carbocycles. The van der Waals surface area contributed by atoms with E-state index >= 15 is 0 Å². The summed E-state index contributed by atoms with van der Waals surface area (Å²) in [7, 11) is 0. The Morgan fingerprint density at radius 2 is 1.03 bits per heavy atom. The Bertz CT molecular complexity index is 1600. The van der Waals surface area contributed by atoms with Gasteiger partial charge in [0.1, 0.15) is 11.2 Å². The van der Waals surface area contributed by atoms with Gasteiger partial charge in [0, 0.05) is 28.0 Å². The van der Waals surface area contributed by atoms with Gasteiger partial charge in [0.15, 0.2) is 5.66 Å². The van der Waals surface area contributed by atoms with Gasteiger partial charge in [-0.3, -0.25) is 0 Å². The Morgan fingerprint density at radius 3 is 1.68 bits per heavy atom. The summed E-state index contributed by atoms with van der Waals surface area (Å²) < 4.78 is 6.35. The monoisotopic (exact) mass is 438 g/mol. The van der Waals surface area contributed by atoms with Gasteiger partial charge in [0.05, 0.1) is 11.4 Å². The van der Waals surface area contributed by atoms with Crippen molar-refractivity contribution in [3.8, 4) is 11.1 Å². The largest absolute Gasteiger partial charge is 0.456 e. The molecule has 34 heavy (non-hydrogen) atoms. The molecular weight excluding hydrogens is 416 g/mol. The predicted molar refractivity (Wildman–Crippen MR) is 140 cm³/mol. The number of hydrogen-bond acceptors (Lipinski definition) is 3. The molecule has 0 unspecified atom stereocenters. The first kappa shape index (κ1) is 19.0. The molecule has 5 aromatic carbocycles. The van der Waals surface area contributed by atoms with E-state index in [1.807, 2.05) is 18.2 Å². The molecule has 7 rings (SSSR count). The summed E-state index contributed by atoms with van der Waals surface area (Å²) in [6.45, 7) is 0. The summed E-state index contributed by atoms with van der Waals surface area (Å²) in [5.41, 5.74) is 7.99. The van der Waals surface area contributed by atoms with Crippen molar-refractivity contribution < 1.29 is 4.42 Å². The van der Waals surface area contributed by atoms with Crippen molar-refractivity contribution in [2.24, 2.45) is 0 Å². The molecule has 1 aromatic heterocycles. The average Bonchev–Trinajstić information content (AvgIpc) is 3.46. The molecule has 0 radical (unpaired) electrons. The molecular formula is C31H22N2O. The Morgan fingerprint density at radius 1 is 0.471 bits per heavy atom. The molecule has 2 heterocycles. The van der Waals surface area contributed by atoms with Gasteiger partial charge in [0.25, 0.3) is 0 Å². The van der Waals surface area contributed by atoms with Crippen LogP contribution < -0.4 is 10.6 Å². The summed E-state index contributed by atoms with van der Waals surface area (Å²) in [6.07, 6.45) is 0. The smallest absolute Gasteiger partial charge is 0.161 e. The van der Waals surface area contributed by atoms with E-state index in [0.29, 0.717) is 0 Å². The normalized spacial score (nSPS) is 14.0. The van der Waals surface area contributed by atoms with Crippen LogP contribution in [0.25, 0.3) is 33.1 Å². The Kier molecular flexibility index (Phi) is 4.06. The van der Waals surface area contributed by atoms with Crippen LogP contribution in [0.3, 0.4) is 0 Å². The topological polar surface area (TPSA) is 37.2 Å². The van der Waals surface area contributed by atoms with Crippen molar-refractivity contribution >= 4 is 33.3 Å². The standard InChI is InChI=1S/C31H22N2O/c1-4-10-21(11-5-1)22-16-17-25-26-19-27-28(20-30(26)34-29(25)18-22)33-31(32-27,23-12-6-2-7-13-23)24-14-8-3-9-15-24/h1-20,32-33H. The Hall–Kier alpha value is -4.50. The van der Waals surface area contributed by atoms with E-state index in [0.717, 1.165) is 50.0 Å². The summed E-state index contributed by atoms with van der Waals surface area (Å²) in [6, 6.07) is 42.2. The zero-order valence-electron chi connectivity index (χ0n) is 18.5. The lowest BCUT2D eigenvalue weighted by Crippen LogP contribution is -2.39. The van der Waals surface area contributed by atoms with Gasteiger partial charge in [-0.05, 0) is 29.3 Å². The fourth-order valence-electron chi connectivity index (χ4n) is 5.11. The fourth-order valence-corrected chi connectivity index (χ4v) is 5.11. The van der Waals surface area contributed by atoms with Gasteiger partial charge in [-0.15, -0.1) is 0 Å². The molecule has 0 spiro atoms. The van der Waals surface area contributed by atoms with Gasteiger partial charge in [-0.2, -0.15) is 0 Å². The molecule has 6 aromatic rings. The minimum atomic E-state index is -0.542. The van der Waals surface area contributed by atoms with Crippen LogP contribution in [0.5, 0.6) is 0 Å². The number of rotatable bonds is 3. The maximum atomic E-state index is 6.35. The van der Waals surface area contributed by atoms with Crippen LogP contribution in [0.15, 0.2) is 126 Å². The second kappa shape index (κ2) is 7.26. The van der Waals surface area contributed by atoms with Crippen LogP contribution >= 0.6 is 0 Å². The molecule has 1 aliphatic heterocycles. The third-order valence-corrected chi connectivity index (χ3v) is 6.78. The second-order valence-electron chi connectivity index (χ2n) is 8.81. The van der Waals surface area contributed by atoms with Gasteiger partial charge in [-0.1, -0.05) is 97.1 Å².